The molecule has 13 heavy (non-hydrogen) atoms. The molecule has 1 aromatic rings. The summed E-state index contributed by atoms with van der Waals surface area (Å²) >= 11 is 5.65. The number of hydrogen-bond donors (Lipinski definition) is 0. The molecule has 0 aliphatic rings. The van der Waals surface area contributed by atoms with Crippen molar-refractivity contribution >= 4 is 17.3 Å². The molecule has 1 heterocycles. The molecule has 0 N–H and O–H groups in total. The van der Waals surface area contributed by atoms with Gasteiger partial charge in [0, 0.05) is 6.07 Å². The maximum Gasteiger partial charge on any atom is 0.309 e. The van der Waals surface area contributed by atoms with E-state index in [1.54, 1.807) is 0 Å². The van der Waals surface area contributed by atoms with Gasteiger partial charge in [-0.3, -0.25) is 10.1 Å². The Morgan fingerprint density at radius 1 is 1.69 bits per heavy atom. The molecule has 0 aliphatic heterocycles. The van der Waals surface area contributed by atoms with Gasteiger partial charge in [-0.2, -0.15) is 0 Å². The SMILES string of the molecule is COc1cc(Cl)c([N+](=O)[O-])c(C)n1. The highest BCUT2D eigenvalue weighted by Crippen LogP contribution is 2.29. The van der Waals surface area contributed by atoms with Crippen LogP contribution in [0.5, 0.6) is 5.88 Å². The lowest BCUT2D eigenvalue weighted by atomic mass is 10.3. The normalized spacial score (nSPS) is 9.77. The van der Waals surface area contributed by atoms with Crippen LogP contribution in [0.4, 0.5) is 5.69 Å². The number of pyridine rings is 1. The van der Waals surface area contributed by atoms with Crippen LogP contribution in [0.1, 0.15) is 5.69 Å². The second-order valence-corrected chi connectivity index (χ2v) is 2.74. The molecule has 0 aliphatic carbocycles. The van der Waals surface area contributed by atoms with Gasteiger partial charge in [-0.25, -0.2) is 4.98 Å². The van der Waals surface area contributed by atoms with Crippen LogP contribution in [-0.4, -0.2) is 17.0 Å². The molecule has 0 atom stereocenters. The average Bonchev–Trinajstić information content (AvgIpc) is 2.02. The van der Waals surface area contributed by atoms with E-state index >= 15 is 0 Å². The fourth-order valence-corrected chi connectivity index (χ4v) is 1.22. The Bertz CT molecular complexity index is 331. The van der Waals surface area contributed by atoms with Gasteiger partial charge in [-0.1, -0.05) is 11.6 Å². The quantitative estimate of drug-likeness (QED) is 0.543. The Morgan fingerprint density at radius 2 is 2.31 bits per heavy atom. The van der Waals surface area contributed by atoms with Gasteiger partial charge in [-0.05, 0) is 6.92 Å². The minimum absolute atomic E-state index is 0.0364. The fraction of sp³-hybridized carbons (Fsp3) is 0.286. The monoisotopic (exact) mass is 202 g/mol. The Labute approximate surface area is 79.5 Å². The third-order valence-corrected chi connectivity index (χ3v) is 1.78. The molecule has 0 fully saturated rings. The third-order valence-electron chi connectivity index (χ3n) is 1.49. The Hall–Kier alpha value is -1.36. The van der Waals surface area contributed by atoms with Crippen molar-refractivity contribution in [1.82, 2.24) is 4.98 Å². The largest absolute Gasteiger partial charge is 0.481 e. The van der Waals surface area contributed by atoms with Gasteiger partial charge in [0.05, 0.1) is 12.0 Å². The maximum absolute atomic E-state index is 10.5. The molecule has 0 saturated carbocycles. The number of hydrogen-bond acceptors (Lipinski definition) is 4. The van der Waals surface area contributed by atoms with Crippen LogP contribution < -0.4 is 4.74 Å². The zero-order valence-electron chi connectivity index (χ0n) is 7.07. The van der Waals surface area contributed by atoms with Crippen LogP contribution in [0.2, 0.25) is 5.02 Å². The van der Waals surface area contributed by atoms with Gasteiger partial charge in [-0.15, -0.1) is 0 Å². The van der Waals surface area contributed by atoms with E-state index in [2.05, 4.69) is 4.98 Å². The third kappa shape index (κ3) is 1.86. The minimum atomic E-state index is -0.565. The number of methoxy groups -OCH3 is 1. The lowest BCUT2D eigenvalue weighted by Gasteiger charge is -2.02. The van der Waals surface area contributed by atoms with E-state index in [4.69, 9.17) is 16.3 Å². The standard InChI is InChI=1S/C7H7ClN2O3/c1-4-7(10(11)12)5(8)3-6(9-4)13-2/h3H,1-2H3. The molecule has 1 rings (SSSR count). The summed E-state index contributed by atoms with van der Waals surface area (Å²) in [6.45, 7) is 1.51. The fourth-order valence-electron chi connectivity index (χ4n) is 0.924. The van der Waals surface area contributed by atoms with E-state index < -0.39 is 4.92 Å². The molecule has 0 radical (unpaired) electrons. The van der Waals surface area contributed by atoms with E-state index in [-0.39, 0.29) is 22.3 Å². The first-order valence-electron chi connectivity index (χ1n) is 3.41. The Kier molecular flexibility index (Phi) is 2.67. The van der Waals surface area contributed by atoms with Crippen molar-refractivity contribution in [3.63, 3.8) is 0 Å². The lowest BCUT2D eigenvalue weighted by molar-refractivity contribution is -0.385. The predicted octanol–water partition coefficient (Wildman–Crippen LogP) is 1.96. The summed E-state index contributed by atoms with van der Waals surface area (Å²) in [7, 11) is 1.42. The first kappa shape index (κ1) is 9.73. The number of rotatable bonds is 2. The van der Waals surface area contributed by atoms with Crippen LogP contribution in [0.15, 0.2) is 6.07 Å². The number of nitro groups is 1. The van der Waals surface area contributed by atoms with Crippen LogP contribution in [0.25, 0.3) is 0 Å². The number of nitrogens with zero attached hydrogens (tertiary/aromatic N) is 2. The lowest BCUT2D eigenvalue weighted by Crippen LogP contribution is -1.97. The van der Waals surface area contributed by atoms with Gasteiger partial charge in [0.25, 0.3) is 0 Å². The van der Waals surface area contributed by atoms with Crippen molar-refractivity contribution in [2.24, 2.45) is 0 Å². The van der Waals surface area contributed by atoms with Crippen molar-refractivity contribution in [1.29, 1.82) is 0 Å². The molecule has 1 aromatic heterocycles. The molecule has 0 saturated heterocycles. The van der Waals surface area contributed by atoms with E-state index in [9.17, 15) is 10.1 Å². The summed E-state index contributed by atoms with van der Waals surface area (Å²) in [6.07, 6.45) is 0. The van der Waals surface area contributed by atoms with Crippen LogP contribution in [-0.2, 0) is 0 Å². The van der Waals surface area contributed by atoms with E-state index in [1.807, 2.05) is 0 Å². The zero-order valence-corrected chi connectivity index (χ0v) is 7.83. The highest BCUT2D eigenvalue weighted by atomic mass is 35.5. The first-order chi connectivity index (χ1) is 6.06. The van der Waals surface area contributed by atoms with Crippen molar-refractivity contribution in [3.05, 3.63) is 26.9 Å². The van der Waals surface area contributed by atoms with Crippen LogP contribution in [0, 0.1) is 17.0 Å². The van der Waals surface area contributed by atoms with E-state index in [1.165, 1.54) is 20.1 Å². The van der Waals surface area contributed by atoms with Gasteiger partial charge in [0.1, 0.15) is 10.7 Å². The molecule has 5 nitrogen and oxygen atoms in total. The predicted molar refractivity (Wildman–Crippen MR) is 47.2 cm³/mol. The van der Waals surface area contributed by atoms with Crippen LogP contribution in [0.3, 0.4) is 0 Å². The molecular formula is C7H7ClN2O3. The minimum Gasteiger partial charge on any atom is -0.481 e. The summed E-state index contributed by atoms with van der Waals surface area (Å²) < 4.78 is 4.79. The summed E-state index contributed by atoms with van der Waals surface area (Å²) in [4.78, 5) is 13.7. The number of aromatic nitrogens is 1. The van der Waals surface area contributed by atoms with Crippen molar-refractivity contribution in [2.75, 3.05) is 7.11 Å². The van der Waals surface area contributed by atoms with Gasteiger partial charge < -0.3 is 4.74 Å². The van der Waals surface area contributed by atoms with Gasteiger partial charge in [0.15, 0.2) is 0 Å². The maximum atomic E-state index is 10.5. The number of ether oxygens (including phenoxy) is 1. The molecule has 0 aromatic carbocycles. The van der Waals surface area contributed by atoms with Gasteiger partial charge >= 0.3 is 5.69 Å². The molecule has 70 valence electrons. The Morgan fingerprint density at radius 3 is 2.69 bits per heavy atom. The summed E-state index contributed by atoms with van der Waals surface area (Å²) in [5, 5.41) is 10.5. The molecule has 6 heteroatoms. The number of aryl methyl sites for hydroxylation is 1. The number of halogens is 1. The highest BCUT2D eigenvalue weighted by Gasteiger charge is 2.18. The summed E-state index contributed by atoms with van der Waals surface area (Å²) in [5.74, 6) is 0.271. The second kappa shape index (κ2) is 3.57. The smallest absolute Gasteiger partial charge is 0.309 e. The van der Waals surface area contributed by atoms with Crippen molar-refractivity contribution in [3.8, 4) is 5.88 Å². The topological polar surface area (TPSA) is 65.3 Å². The second-order valence-electron chi connectivity index (χ2n) is 2.34. The molecule has 0 amide bonds. The highest BCUT2D eigenvalue weighted by molar-refractivity contribution is 6.32. The summed E-state index contributed by atoms with van der Waals surface area (Å²) in [6, 6.07) is 1.31. The molecule has 0 unspecified atom stereocenters. The van der Waals surface area contributed by atoms with Crippen molar-refractivity contribution < 1.29 is 9.66 Å². The first-order valence-corrected chi connectivity index (χ1v) is 3.79. The van der Waals surface area contributed by atoms with Gasteiger partial charge in [0.2, 0.25) is 5.88 Å². The van der Waals surface area contributed by atoms with E-state index in [0.717, 1.165) is 0 Å². The van der Waals surface area contributed by atoms with Crippen molar-refractivity contribution in [2.45, 2.75) is 6.92 Å². The average molecular weight is 203 g/mol. The molecule has 0 spiro atoms. The van der Waals surface area contributed by atoms with Crippen LogP contribution >= 0.6 is 11.6 Å². The molecule has 0 bridgehead atoms. The Balaban J connectivity index is 3.31. The van der Waals surface area contributed by atoms with E-state index in [0.29, 0.717) is 0 Å². The zero-order chi connectivity index (χ0) is 10.0. The summed E-state index contributed by atoms with van der Waals surface area (Å²) in [5.41, 5.74) is 0.0665. The molecular weight excluding hydrogens is 196 g/mol.